The normalized spacial score (nSPS) is 11.8. The topological polar surface area (TPSA) is 43.6 Å². The molecule has 0 fully saturated rings. The Hall–Kier alpha value is -1.57. The average molecular weight is 274 g/mol. The lowest BCUT2D eigenvalue weighted by atomic mass is 10.4. The molecule has 0 unspecified atom stereocenters. The van der Waals surface area contributed by atoms with Gasteiger partial charge < -0.3 is 4.57 Å². The van der Waals surface area contributed by atoms with Gasteiger partial charge in [0.2, 0.25) is 0 Å². The molecule has 0 aromatic carbocycles. The van der Waals surface area contributed by atoms with Crippen molar-refractivity contribution in [1.82, 2.24) is 19.5 Å². The average Bonchev–Trinajstić information content (AvgIpc) is 2.72. The Labute approximate surface area is 105 Å². The molecule has 96 valence electrons. The van der Waals surface area contributed by atoms with Crippen molar-refractivity contribution in [1.29, 1.82) is 0 Å². The van der Waals surface area contributed by atoms with Gasteiger partial charge in [-0.1, -0.05) is 11.8 Å². The second-order valence-electron chi connectivity index (χ2n) is 3.47. The fraction of sp³-hybridized carbons (Fsp3) is 0.300. The van der Waals surface area contributed by atoms with Crippen LogP contribution in [0, 0.1) is 0 Å². The van der Waals surface area contributed by atoms with Gasteiger partial charge in [-0.25, -0.2) is 15.0 Å². The lowest BCUT2D eigenvalue weighted by molar-refractivity contribution is -0.141. The number of aryl methyl sites for hydroxylation is 1. The monoisotopic (exact) mass is 274 g/mol. The van der Waals surface area contributed by atoms with Crippen molar-refractivity contribution in [3.8, 4) is 0 Å². The summed E-state index contributed by atoms with van der Waals surface area (Å²) in [6.45, 7) is 0. The predicted octanol–water partition coefficient (Wildman–Crippen LogP) is 2.52. The van der Waals surface area contributed by atoms with E-state index in [0.717, 1.165) is 29.8 Å². The van der Waals surface area contributed by atoms with E-state index in [0.29, 0.717) is 5.75 Å². The Kier molecular flexibility index (Phi) is 3.55. The van der Waals surface area contributed by atoms with E-state index in [1.807, 2.05) is 7.05 Å². The molecule has 0 aliphatic rings. The first-order valence-corrected chi connectivity index (χ1v) is 5.94. The third-order valence-corrected chi connectivity index (χ3v) is 3.03. The second-order valence-corrected chi connectivity index (χ2v) is 4.41. The number of rotatable bonds is 3. The lowest BCUT2D eigenvalue weighted by Gasteiger charge is -2.06. The van der Waals surface area contributed by atoms with Crippen LogP contribution in [-0.2, 0) is 19.0 Å². The van der Waals surface area contributed by atoms with Crippen molar-refractivity contribution in [3.05, 3.63) is 36.2 Å². The van der Waals surface area contributed by atoms with E-state index >= 15 is 0 Å². The maximum Gasteiger partial charge on any atom is 0.433 e. The van der Waals surface area contributed by atoms with Gasteiger partial charge in [-0.3, -0.25) is 0 Å². The highest BCUT2D eigenvalue weighted by Crippen LogP contribution is 2.28. The molecule has 0 bridgehead atoms. The summed E-state index contributed by atoms with van der Waals surface area (Å²) in [6, 6.07) is 0.852. The second kappa shape index (κ2) is 4.97. The molecule has 0 saturated carbocycles. The quantitative estimate of drug-likeness (QED) is 0.637. The molecule has 2 heterocycles. The van der Waals surface area contributed by atoms with Gasteiger partial charge >= 0.3 is 6.18 Å². The number of imidazole rings is 1. The van der Waals surface area contributed by atoms with Crippen LogP contribution in [0.5, 0.6) is 0 Å². The van der Waals surface area contributed by atoms with E-state index < -0.39 is 11.9 Å². The van der Waals surface area contributed by atoms with Gasteiger partial charge in [-0.2, -0.15) is 13.2 Å². The molecule has 0 saturated heterocycles. The number of nitrogens with zero attached hydrogens (tertiary/aromatic N) is 4. The first kappa shape index (κ1) is 12.9. The molecular formula is C10H9F3N4S. The van der Waals surface area contributed by atoms with Gasteiger partial charge in [0, 0.05) is 25.6 Å². The number of halogens is 3. The number of alkyl halides is 3. The zero-order valence-electron chi connectivity index (χ0n) is 9.35. The summed E-state index contributed by atoms with van der Waals surface area (Å²) in [7, 11) is 1.82. The van der Waals surface area contributed by atoms with E-state index in [2.05, 4.69) is 15.0 Å². The minimum atomic E-state index is -4.44. The summed E-state index contributed by atoms with van der Waals surface area (Å²) < 4.78 is 39.1. The zero-order chi connectivity index (χ0) is 13.2. The minimum Gasteiger partial charge on any atom is -0.337 e. The van der Waals surface area contributed by atoms with Crippen LogP contribution in [0.3, 0.4) is 0 Å². The van der Waals surface area contributed by atoms with Crippen LogP contribution in [-0.4, -0.2) is 19.5 Å². The van der Waals surface area contributed by atoms with Crippen LogP contribution >= 0.6 is 11.8 Å². The number of hydrogen-bond donors (Lipinski definition) is 0. The molecule has 0 aliphatic carbocycles. The van der Waals surface area contributed by atoms with Gasteiger partial charge in [0.15, 0.2) is 5.16 Å². The SMILES string of the molecule is Cn1ccnc1CSc1nccc(C(F)(F)F)n1. The van der Waals surface area contributed by atoms with E-state index in [1.54, 1.807) is 17.0 Å². The van der Waals surface area contributed by atoms with Gasteiger partial charge in [0.1, 0.15) is 11.5 Å². The summed E-state index contributed by atoms with van der Waals surface area (Å²) in [5.41, 5.74) is -0.931. The number of aromatic nitrogens is 4. The molecule has 2 aromatic heterocycles. The molecule has 2 aromatic rings. The molecule has 0 spiro atoms. The van der Waals surface area contributed by atoms with E-state index in [4.69, 9.17) is 0 Å². The van der Waals surface area contributed by atoms with Crippen molar-refractivity contribution in [2.75, 3.05) is 0 Å². The molecule has 18 heavy (non-hydrogen) atoms. The van der Waals surface area contributed by atoms with Gasteiger partial charge in [0.25, 0.3) is 0 Å². The fourth-order valence-corrected chi connectivity index (χ4v) is 2.07. The van der Waals surface area contributed by atoms with Crippen LogP contribution in [0.25, 0.3) is 0 Å². The van der Waals surface area contributed by atoms with Crippen LogP contribution in [0.4, 0.5) is 13.2 Å². The molecule has 0 aliphatic heterocycles. The van der Waals surface area contributed by atoms with Crippen molar-refractivity contribution in [2.45, 2.75) is 17.1 Å². The first-order valence-electron chi connectivity index (χ1n) is 4.96. The van der Waals surface area contributed by atoms with Crippen molar-refractivity contribution >= 4 is 11.8 Å². The maximum atomic E-state index is 12.4. The third-order valence-electron chi connectivity index (χ3n) is 2.18. The highest BCUT2D eigenvalue weighted by Gasteiger charge is 2.32. The molecule has 2 rings (SSSR count). The van der Waals surface area contributed by atoms with Crippen LogP contribution in [0.2, 0.25) is 0 Å². The Balaban J connectivity index is 2.09. The predicted molar refractivity (Wildman–Crippen MR) is 59.8 cm³/mol. The molecule has 0 amide bonds. The summed E-state index contributed by atoms with van der Waals surface area (Å²) >= 11 is 1.12. The minimum absolute atomic E-state index is 0.0906. The Morgan fingerprint density at radius 1 is 1.28 bits per heavy atom. The third kappa shape index (κ3) is 3.00. The molecule has 0 N–H and O–H groups in total. The van der Waals surface area contributed by atoms with E-state index in [-0.39, 0.29) is 5.16 Å². The fourth-order valence-electron chi connectivity index (χ4n) is 1.23. The van der Waals surface area contributed by atoms with Gasteiger partial charge in [-0.05, 0) is 6.07 Å². The largest absolute Gasteiger partial charge is 0.433 e. The Morgan fingerprint density at radius 2 is 2.06 bits per heavy atom. The molecule has 0 atom stereocenters. The van der Waals surface area contributed by atoms with E-state index in [9.17, 15) is 13.2 Å². The van der Waals surface area contributed by atoms with Crippen LogP contribution < -0.4 is 0 Å². The smallest absolute Gasteiger partial charge is 0.337 e. The summed E-state index contributed by atoms with van der Waals surface area (Å²) in [5, 5.41) is 0.0906. The standard InChI is InChI=1S/C10H9F3N4S/c1-17-5-4-14-8(17)6-18-9-15-3-2-7(16-9)10(11,12)13/h2-5H,6H2,1H3. The van der Waals surface area contributed by atoms with E-state index in [1.165, 1.54) is 0 Å². The van der Waals surface area contributed by atoms with Crippen molar-refractivity contribution in [3.63, 3.8) is 0 Å². The zero-order valence-corrected chi connectivity index (χ0v) is 10.2. The Bertz CT molecular complexity index is 538. The molecule has 8 heteroatoms. The van der Waals surface area contributed by atoms with Gasteiger partial charge in [0.05, 0.1) is 5.75 Å². The van der Waals surface area contributed by atoms with Crippen molar-refractivity contribution < 1.29 is 13.2 Å². The summed E-state index contributed by atoms with van der Waals surface area (Å²) in [4.78, 5) is 11.3. The first-order chi connectivity index (χ1) is 8.47. The molecule has 4 nitrogen and oxygen atoms in total. The van der Waals surface area contributed by atoms with Crippen molar-refractivity contribution in [2.24, 2.45) is 7.05 Å². The van der Waals surface area contributed by atoms with Gasteiger partial charge in [-0.15, -0.1) is 0 Å². The lowest BCUT2D eigenvalue weighted by Crippen LogP contribution is -2.08. The Morgan fingerprint density at radius 3 is 2.67 bits per heavy atom. The number of hydrogen-bond acceptors (Lipinski definition) is 4. The van der Waals surface area contributed by atoms with Crippen LogP contribution in [0.15, 0.2) is 29.8 Å². The molecule has 0 radical (unpaired) electrons. The highest BCUT2D eigenvalue weighted by molar-refractivity contribution is 7.98. The van der Waals surface area contributed by atoms with Crippen LogP contribution in [0.1, 0.15) is 11.5 Å². The summed E-state index contributed by atoms with van der Waals surface area (Å²) in [5.74, 6) is 1.17. The maximum absolute atomic E-state index is 12.4. The number of thioether (sulfide) groups is 1. The summed E-state index contributed by atoms with van der Waals surface area (Å²) in [6.07, 6.45) is 0.0594. The molecular weight excluding hydrogens is 265 g/mol. The highest BCUT2D eigenvalue weighted by atomic mass is 32.2.